The van der Waals surface area contributed by atoms with Crippen LogP contribution >= 0.6 is 11.3 Å². The minimum absolute atomic E-state index is 0.247. The van der Waals surface area contributed by atoms with Gasteiger partial charge in [-0.25, -0.2) is 14.6 Å². The number of rotatable bonds is 7. The first-order valence-electron chi connectivity index (χ1n) is 10.8. The molecule has 0 unspecified atom stereocenters. The van der Waals surface area contributed by atoms with E-state index in [9.17, 15) is 9.59 Å². The van der Waals surface area contributed by atoms with Crippen LogP contribution in [0.3, 0.4) is 0 Å². The maximum Gasteiger partial charge on any atom is 0.408 e. The average Bonchev–Trinajstić information content (AvgIpc) is 3.23. The second kappa shape index (κ2) is 10.9. The van der Waals surface area contributed by atoms with Gasteiger partial charge in [-0.3, -0.25) is 4.90 Å². The first kappa shape index (κ1) is 24.2. The Morgan fingerprint density at radius 1 is 1.22 bits per heavy atom. The smallest absolute Gasteiger partial charge is 0.408 e. The molecule has 2 heterocycles. The van der Waals surface area contributed by atoms with Gasteiger partial charge in [0.15, 0.2) is 5.69 Å². The predicted molar refractivity (Wildman–Crippen MR) is 123 cm³/mol. The molecule has 0 saturated carbocycles. The molecule has 1 fully saturated rings. The van der Waals surface area contributed by atoms with Crippen LogP contribution in [0.15, 0.2) is 29.8 Å². The van der Waals surface area contributed by atoms with Crippen molar-refractivity contribution < 1.29 is 23.8 Å². The third kappa shape index (κ3) is 6.75. The van der Waals surface area contributed by atoms with Crippen molar-refractivity contribution in [3.63, 3.8) is 0 Å². The van der Waals surface area contributed by atoms with Crippen LogP contribution in [-0.2, 0) is 14.2 Å². The summed E-state index contributed by atoms with van der Waals surface area (Å²) in [6.07, 6.45) is -0.452. The Labute approximate surface area is 192 Å². The number of nitrogens with one attached hydrogen (secondary N) is 1. The predicted octanol–water partition coefficient (Wildman–Crippen LogP) is 3.88. The lowest BCUT2D eigenvalue weighted by Crippen LogP contribution is -2.44. The fraction of sp³-hybridized carbons (Fsp3) is 0.522. The fourth-order valence-corrected chi connectivity index (χ4v) is 4.17. The number of alkyl carbamates (subject to hydrolysis) is 1. The Morgan fingerprint density at radius 3 is 2.53 bits per heavy atom. The van der Waals surface area contributed by atoms with Gasteiger partial charge in [-0.2, -0.15) is 0 Å². The van der Waals surface area contributed by atoms with Crippen LogP contribution in [-0.4, -0.2) is 67.0 Å². The molecule has 9 heteroatoms. The molecule has 1 aromatic heterocycles. The molecular weight excluding hydrogens is 430 g/mol. The molecule has 1 aromatic carbocycles. The van der Waals surface area contributed by atoms with Crippen LogP contribution in [0.1, 0.15) is 49.8 Å². The molecule has 32 heavy (non-hydrogen) atoms. The van der Waals surface area contributed by atoms with Gasteiger partial charge in [-0.1, -0.05) is 24.3 Å². The molecule has 174 valence electrons. The van der Waals surface area contributed by atoms with Crippen LogP contribution < -0.4 is 5.32 Å². The van der Waals surface area contributed by atoms with E-state index >= 15 is 0 Å². The zero-order valence-corrected chi connectivity index (χ0v) is 19.9. The molecule has 1 amide bonds. The number of amides is 1. The number of hydrogen-bond donors (Lipinski definition) is 1. The molecule has 0 spiro atoms. The summed E-state index contributed by atoms with van der Waals surface area (Å²) in [6, 6.07) is 7.56. The molecule has 0 aliphatic carbocycles. The van der Waals surface area contributed by atoms with Gasteiger partial charge in [-0.05, 0) is 38.8 Å². The summed E-state index contributed by atoms with van der Waals surface area (Å²) in [4.78, 5) is 31.9. The van der Waals surface area contributed by atoms with Gasteiger partial charge in [-0.15, -0.1) is 11.3 Å². The Kier molecular flexibility index (Phi) is 8.22. The van der Waals surface area contributed by atoms with E-state index in [4.69, 9.17) is 14.2 Å². The standard InChI is InChI=1S/C23H31N3O5S/c1-5-30-21(27)19-20(32-15-24-19)17-8-6-16(7-9-17)18(14-26-10-12-29-13-11-26)25-22(28)31-23(2,3)4/h6-9,15,18H,5,10-14H2,1-4H3,(H,25,28)/t18-/m0/s1. The molecule has 1 atom stereocenters. The summed E-state index contributed by atoms with van der Waals surface area (Å²) in [5.41, 5.74) is 3.21. The van der Waals surface area contributed by atoms with E-state index in [1.54, 1.807) is 12.4 Å². The summed E-state index contributed by atoms with van der Waals surface area (Å²) in [5, 5.41) is 3.01. The van der Waals surface area contributed by atoms with Crippen molar-refractivity contribution in [2.75, 3.05) is 39.5 Å². The highest BCUT2D eigenvalue weighted by molar-refractivity contribution is 7.13. The minimum Gasteiger partial charge on any atom is -0.461 e. The Bertz CT molecular complexity index is 901. The maximum absolute atomic E-state index is 12.5. The highest BCUT2D eigenvalue weighted by Crippen LogP contribution is 2.29. The monoisotopic (exact) mass is 461 g/mol. The van der Waals surface area contributed by atoms with Crippen molar-refractivity contribution in [1.29, 1.82) is 0 Å². The molecule has 1 aliphatic heterocycles. The first-order chi connectivity index (χ1) is 15.3. The van der Waals surface area contributed by atoms with Gasteiger partial charge in [0.1, 0.15) is 5.60 Å². The van der Waals surface area contributed by atoms with E-state index in [0.29, 0.717) is 32.1 Å². The molecule has 1 aliphatic rings. The third-order valence-electron chi connectivity index (χ3n) is 4.85. The lowest BCUT2D eigenvalue weighted by Gasteiger charge is -2.31. The average molecular weight is 462 g/mol. The molecule has 8 nitrogen and oxygen atoms in total. The van der Waals surface area contributed by atoms with Crippen LogP contribution in [0.5, 0.6) is 0 Å². The van der Waals surface area contributed by atoms with Crippen LogP contribution in [0.2, 0.25) is 0 Å². The molecule has 0 bridgehead atoms. The number of hydrogen-bond acceptors (Lipinski definition) is 8. The van der Waals surface area contributed by atoms with Gasteiger partial charge in [0.25, 0.3) is 0 Å². The number of nitrogens with zero attached hydrogens (tertiary/aromatic N) is 2. The van der Waals surface area contributed by atoms with E-state index in [1.807, 2.05) is 45.0 Å². The van der Waals surface area contributed by atoms with Gasteiger partial charge < -0.3 is 19.5 Å². The number of esters is 1. The van der Waals surface area contributed by atoms with Crippen molar-refractivity contribution in [2.45, 2.75) is 39.3 Å². The lowest BCUT2D eigenvalue weighted by atomic mass is 10.0. The van der Waals surface area contributed by atoms with E-state index in [1.165, 1.54) is 11.3 Å². The molecule has 1 saturated heterocycles. The topological polar surface area (TPSA) is 90.0 Å². The highest BCUT2D eigenvalue weighted by atomic mass is 32.1. The van der Waals surface area contributed by atoms with E-state index in [-0.39, 0.29) is 6.04 Å². The number of aromatic nitrogens is 1. The second-order valence-electron chi connectivity index (χ2n) is 8.48. The largest absolute Gasteiger partial charge is 0.461 e. The van der Waals surface area contributed by atoms with Gasteiger partial charge in [0, 0.05) is 19.6 Å². The van der Waals surface area contributed by atoms with Gasteiger partial charge in [0.2, 0.25) is 0 Å². The number of benzene rings is 1. The first-order valence-corrected chi connectivity index (χ1v) is 11.7. The Balaban J connectivity index is 1.79. The SMILES string of the molecule is CCOC(=O)c1ncsc1-c1ccc([C@H](CN2CCOCC2)NC(=O)OC(C)(C)C)cc1. The summed E-state index contributed by atoms with van der Waals surface area (Å²) < 4.78 is 16.0. The highest BCUT2D eigenvalue weighted by Gasteiger charge is 2.24. The third-order valence-corrected chi connectivity index (χ3v) is 5.72. The number of carbonyl (C=O) groups is 2. The van der Waals surface area contributed by atoms with Crippen molar-refractivity contribution in [3.8, 4) is 10.4 Å². The second-order valence-corrected chi connectivity index (χ2v) is 9.34. The normalized spacial score (nSPS) is 15.8. The Morgan fingerprint density at radius 2 is 1.91 bits per heavy atom. The molecule has 2 aromatic rings. The van der Waals surface area contributed by atoms with Crippen molar-refractivity contribution in [1.82, 2.24) is 15.2 Å². The van der Waals surface area contributed by atoms with Crippen molar-refractivity contribution >= 4 is 23.4 Å². The van der Waals surface area contributed by atoms with Crippen LogP contribution in [0.4, 0.5) is 4.79 Å². The lowest BCUT2D eigenvalue weighted by molar-refractivity contribution is 0.0288. The minimum atomic E-state index is -0.576. The number of morpholine rings is 1. The zero-order valence-electron chi connectivity index (χ0n) is 19.1. The number of ether oxygens (including phenoxy) is 3. The van der Waals surface area contributed by atoms with E-state index in [0.717, 1.165) is 29.1 Å². The molecular formula is C23H31N3O5S. The number of thiazole rings is 1. The summed E-state index contributed by atoms with van der Waals surface area (Å²) >= 11 is 1.39. The summed E-state index contributed by atoms with van der Waals surface area (Å²) in [5.74, 6) is -0.426. The number of carbonyl (C=O) groups excluding carboxylic acids is 2. The molecule has 1 N–H and O–H groups in total. The van der Waals surface area contributed by atoms with E-state index in [2.05, 4.69) is 15.2 Å². The fourth-order valence-electron chi connectivity index (χ4n) is 3.39. The van der Waals surface area contributed by atoms with Gasteiger partial charge in [0.05, 0.1) is 36.3 Å². The van der Waals surface area contributed by atoms with Crippen LogP contribution in [0, 0.1) is 0 Å². The molecule has 3 rings (SSSR count). The van der Waals surface area contributed by atoms with Crippen LogP contribution in [0.25, 0.3) is 10.4 Å². The summed E-state index contributed by atoms with van der Waals surface area (Å²) in [6.45, 7) is 11.2. The van der Waals surface area contributed by atoms with Crippen molar-refractivity contribution in [3.05, 3.63) is 41.0 Å². The molecule has 0 radical (unpaired) electrons. The van der Waals surface area contributed by atoms with E-state index < -0.39 is 17.7 Å². The maximum atomic E-state index is 12.5. The van der Waals surface area contributed by atoms with Crippen molar-refractivity contribution in [2.24, 2.45) is 0 Å². The Hall–Kier alpha value is -2.49. The van der Waals surface area contributed by atoms with Gasteiger partial charge >= 0.3 is 12.1 Å². The quantitative estimate of drug-likeness (QED) is 0.626. The zero-order chi connectivity index (χ0) is 23.1. The summed E-state index contributed by atoms with van der Waals surface area (Å²) in [7, 11) is 0.